The van der Waals surface area contributed by atoms with Gasteiger partial charge in [-0.05, 0) is 68.4 Å². The van der Waals surface area contributed by atoms with Crippen LogP contribution in [0.5, 0.6) is 0 Å². The van der Waals surface area contributed by atoms with Crippen LogP contribution in [0.15, 0.2) is 24.0 Å². The van der Waals surface area contributed by atoms with Crippen LogP contribution in [0.1, 0.15) is 70.6 Å². The molecule has 0 aromatic carbocycles. The minimum absolute atomic E-state index is 0.0129. The molecule has 0 aromatic heterocycles. The molecule has 0 radical (unpaired) electrons. The lowest BCUT2D eigenvalue weighted by molar-refractivity contribution is -0.146. The second kappa shape index (κ2) is 11.1. The Bertz CT molecular complexity index is 668. The summed E-state index contributed by atoms with van der Waals surface area (Å²) in [5.41, 5.74) is 0.470. The number of carbonyl (C=O) groups is 2. The highest BCUT2D eigenvalue weighted by atomic mass is 33.1. The van der Waals surface area contributed by atoms with Crippen LogP contribution in [0.25, 0.3) is 0 Å². The summed E-state index contributed by atoms with van der Waals surface area (Å²) in [5.74, 6) is 2.94. The van der Waals surface area contributed by atoms with Crippen molar-refractivity contribution in [1.82, 2.24) is 0 Å². The standard InChI is InChI=1S/C24H34O4S2/c25-23-18(10-13-27-23)11-14-28-24(26)22(7-3-6-21-12-15-29-30-21)20-9-8-17-4-1-2-5-19(17)16-20/h10-11,14,17,19-22H,1-9,12-13,15-16H2/b14-11+. The van der Waals surface area contributed by atoms with E-state index in [-0.39, 0.29) is 17.9 Å². The zero-order chi connectivity index (χ0) is 20.8. The van der Waals surface area contributed by atoms with Crippen molar-refractivity contribution in [3.8, 4) is 0 Å². The predicted octanol–water partition coefficient (Wildman–Crippen LogP) is 6.07. The van der Waals surface area contributed by atoms with Crippen molar-refractivity contribution in [2.45, 2.75) is 75.9 Å². The van der Waals surface area contributed by atoms with Gasteiger partial charge in [-0.25, -0.2) is 4.79 Å². The average molecular weight is 451 g/mol. The molecule has 0 bridgehead atoms. The van der Waals surface area contributed by atoms with Crippen LogP contribution in [0, 0.1) is 23.7 Å². The number of hydrogen-bond acceptors (Lipinski definition) is 6. The van der Waals surface area contributed by atoms with Crippen LogP contribution in [-0.2, 0) is 19.1 Å². The minimum Gasteiger partial charge on any atom is -0.458 e. The first kappa shape index (κ1) is 22.3. The molecule has 4 nitrogen and oxygen atoms in total. The molecule has 0 aromatic rings. The maximum absolute atomic E-state index is 13.1. The fourth-order valence-corrected chi connectivity index (χ4v) is 8.75. The molecule has 5 unspecified atom stereocenters. The van der Waals surface area contributed by atoms with E-state index in [1.165, 1.54) is 63.4 Å². The van der Waals surface area contributed by atoms with Crippen molar-refractivity contribution in [3.05, 3.63) is 24.0 Å². The number of esters is 2. The van der Waals surface area contributed by atoms with Crippen LogP contribution < -0.4 is 0 Å². The van der Waals surface area contributed by atoms with E-state index in [1.807, 2.05) is 21.6 Å². The van der Waals surface area contributed by atoms with Crippen molar-refractivity contribution < 1.29 is 19.1 Å². The molecule has 1 saturated heterocycles. The molecule has 5 atom stereocenters. The Labute approximate surface area is 188 Å². The summed E-state index contributed by atoms with van der Waals surface area (Å²) in [4.78, 5) is 24.6. The van der Waals surface area contributed by atoms with E-state index in [0.29, 0.717) is 18.1 Å². The van der Waals surface area contributed by atoms with Gasteiger partial charge < -0.3 is 9.47 Å². The van der Waals surface area contributed by atoms with E-state index in [0.717, 1.165) is 36.3 Å². The number of carbonyl (C=O) groups excluding carboxylic acids is 2. The highest BCUT2D eigenvalue weighted by Gasteiger charge is 2.38. The molecular weight excluding hydrogens is 416 g/mol. The number of hydrogen-bond donors (Lipinski definition) is 0. The van der Waals surface area contributed by atoms with Crippen LogP contribution in [-0.4, -0.2) is 29.5 Å². The molecule has 4 rings (SSSR count). The van der Waals surface area contributed by atoms with Gasteiger partial charge in [0.1, 0.15) is 6.61 Å². The Hall–Kier alpha value is -0.880. The molecule has 2 heterocycles. The molecule has 0 amide bonds. The third-order valence-corrected chi connectivity index (χ3v) is 10.4. The van der Waals surface area contributed by atoms with Gasteiger partial charge in [0.25, 0.3) is 0 Å². The lowest BCUT2D eigenvalue weighted by Crippen LogP contribution is -2.34. The van der Waals surface area contributed by atoms with E-state index in [4.69, 9.17) is 9.47 Å². The Kier molecular flexibility index (Phi) is 8.28. The van der Waals surface area contributed by atoms with E-state index in [2.05, 4.69) is 0 Å². The Morgan fingerprint density at radius 3 is 2.83 bits per heavy atom. The zero-order valence-electron chi connectivity index (χ0n) is 17.8. The van der Waals surface area contributed by atoms with Gasteiger partial charge in [-0.2, -0.15) is 0 Å². The maximum Gasteiger partial charge on any atom is 0.338 e. The van der Waals surface area contributed by atoms with Crippen molar-refractivity contribution >= 4 is 33.5 Å². The molecule has 3 fully saturated rings. The third-order valence-electron chi connectivity index (χ3n) is 7.41. The zero-order valence-corrected chi connectivity index (χ0v) is 19.4. The second-order valence-corrected chi connectivity index (χ2v) is 12.0. The van der Waals surface area contributed by atoms with Gasteiger partial charge in [0.2, 0.25) is 0 Å². The summed E-state index contributed by atoms with van der Waals surface area (Å²) in [5, 5.41) is 0.751. The van der Waals surface area contributed by atoms with Crippen molar-refractivity contribution in [3.63, 3.8) is 0 Å². The van der Waals surface area contributed by atoms with E-state index >= 15 is 0 Å². The second-order valence-electron chi connectivity index (χ2n) is 9.24. The Balaban J connectivity index is 1.35. The van der Waals surface area contributed by atoms with Crippen LogP contribution in [0.3, 0.4) is 0 Å². The molecule has 0 N–H and O–H groups in total. The first-order chi connectivity index (χ1) is 14.7. The summed E-state index contributed by atoms with van der Waals surface area (Å²) in [7, 11) is 4.00. The van der Waals surface area contributed by atoms with E-state index in [1.54, 1.807) is 12.2 Å². The highest BCUT2D eigenvalue weighted by Crippen LogP contribution is 2.46. The molecule has 6 heteroatoms. The number of ether oxygens (including phenoxy) is 2. The quantitative estimate of drug-likeness (QED) is 0.254. The average Bonchev–Trinajstić information content (AvgIpc) is 3.43. The van der Waals surface area contributed by atoms with Crippen LogP contribution in [0.4, 0.5) is 0 Å². The lowest BCUT2D eigenvalue weighted by Gasteiger charge is -2.41. The van der Waals surface area contributed by atoms with Gasteiger partial charge in [-0.3, -0.25) is 4.79 Å². The summed E-state index contributed by atoms with van der Waals surface area (Å²) in [6, 6.07) is 0. The molecule has 2 aliphatic heterocycles. The molecular formula is C24H34O4S2. The van der Waals surface area contributed by atoms with Crippen molar-refractivity contribution in [2.75, 3.05) is 12.4 Å². The van der Waals surface area contributed by atoms with Crippen LogP contribution in [0.2, 0.25) is 0 Å². The Morgan fingerprint density at radius 2 is 2.07 bits per heavy atom. The van der Waals surface area contributed by atoms with E-state index < -0.39 is 0 Å². The van der Waals surface area contributed by atoms with Crippen molar-refractivity contribution in [2.24, 2.45) is 23.7 Å². The largest absolute Gasteiger partial charge is 0.458 e. The third kappa shape index (κ3) is 5.87. The molecule has 0 spiro atoms. The molecule has 2 saturated carbocycles. The van der Waals surface area contributed by atoms with Gasteiger partial charge in [-0.15, -0.1) is 0 Å². The summed E-state index contributed by atoms with van der Waals surface area (Å²) < 4.78 is 10.4. The smallest absolute Gasteiger partial charge is 0.338 e. The molecule has 2 aliphatic carbocycles. The van der Waals surface area contributed by atoms with Crippen molar-refractivity contribution in [1.29, 1.82) is 0 Å². The monoisotopic (exact) mass is 450 g/mol. The maximum atomic E-state index is 13.1. The van der Waals surface area contributed by atoms with Gasteiger partial charge in [-0.1, -0.05) is 53.7 Å². The van der Waals surface area contributed by atoms with Gasteiger partial charge in [0, 0.05) is 11.0 Å². The topological polar surface area (TPSA) is 52.6 Å². The molecule has 30 heavy (non-hydrogen) atoms. The van der Waals surface area contributed by atoms with Gasteiger partial charge in [0.05, 0.1) is 17.8 Å². The van der Waals surface area contributed by atoms with Crippen LogP contribution >= 0.6 is 21.6 Å². The minimum atomic E-state index is -0.346. The summed E-state index contributed by atoms with van der Waals surface area (Å²) in [6.45, 7) is 0.303. The van der Waals surface area contributed by atoms with Gasteiger partial charge >= 0.3 is 11.9 Å². The summed E-state index contributed by atoms with van der Waals surface area (Å²) >= 11 is 0. The van der Waals surface area contributed by atoms with Gasteiger partial charge in [0.15, 0.2) is 0 Å². The normalized spacial score (nSPS) is 32.5. The predicted molar refractivity (Wildman–Crippen MR) is 123 cm³/mol. The summed E-state index contributed by atoms with van der Waals surface area (Å²) in [6.07, 6.45) is 18.3. The lowest BCUT2D eigenvalue weighted by atomic mass is 9.64. The molecule has 4 aliphatic rings. The Morgan fingerprint density at radius 1 is 1.20 bits per heavy atom. The SMILES string of the molecule is O=C1OCC=C1/C=C/OC(=O)C(CCCC1CCSS1)C1CCC2CCCCC2C1. The highest BCUT2D eigenvalue weighted by molar-refractivity contribution is 8.77. The number of cyclic esters (lactones) is 1. The number of rotatable bonds is 8. The molecule has 166 valence electrons. The first-order valence-electron chi connectivity index (χ1n) is 11.7. The van der Waals surface area contributed by atoms with E-state index in [9.17, 15) is 9.59 Å². The first-order valence-corrected chi connectivity index (χ1v) is 14.1. The fraction of sp³-hybridized carbons (Fsp3) is 0.750. The number of fused-ring (bicyclic) bond motifs is 1. The fourth-order valence-electron chi connectivity index (χ4n) is 5.72.